The minimum atomic E-state index is -5.40. The summed E-state index contributed by atoms with van der Waals surface area (Å²) in [6.07, 6.45) is -10.6. The van der Waals surface area contributed by atoms with E-state index in [1.165, 1.54) is 0 Å². The zero-order valence-electron chi connectivity index (χ0n) is 8.16. The van der Waals surface area contributed by atoms with Crippen molar-refractivity contribution >= 4 is 11.6 Å². The second-order valence-electron chi connectivity index (χ2n) is 2.96. The highest BCUT2D eigenvalue weighted by atomic mass is 35.5. The van der Waals surface area contributed by atoms with Crippen molar-refractivity contribution in [3.63, 3.8) is 0 Å². The quantitative estimate of drug-likeness (QED) is 0.605. The maximum absolute atomic E-state index is 12.5. The van der Waals surface area contributed by atoms with Gasteiger partial charge >= 0.3 is 12.5 Å². The summed E-state index contributed by atoms with van der Waals surface area (Å²) in [5, 5.41) is -0.741. The Bertz CT molecular complexity index is 442. The lowest BCUT2D eigenvalue weighted by molar-refractivity contribution is -0.277. The van der Waals surface area contributed by atoms with Crippen LogP contribution in [0.15, 0.2) is 6.07 Å². The average Bonchev–Trinajstić information content (AvgIpc) is 2.11. The van der Waals surface area contributed by atoms with Crippen molar-refractivity contribution in [2.75, 3.05) is 0 Å². The summed E-state index contributed by atoms with van der Waals surface area (Å²) in [5.74, 6) is -1.82. The molecule has 0 aliphatic heterocycles. The van der Waals surface area contributed by atoms with Crippen LogP contribution in [0.3, 0.4) is 0 Å². The average molecular weight is 298 g/mol. The summed E-state index contributed by atoms with van der Waals surface area (Å²) in [6, 6.07) is 0.480. The van der Waals surface area contributed by atoms with Crippen molar-refractivity contribution in [2.24, 2.45) is 0 Å². The van der Waals surface area contributed by atoms with E-state index in [9.17, 15) is 30.7 Å². The Hall–Kier alpha value is -1.25. The molecule has 0 amide bonds. The highest BCUT2D eigenvalue weighted by Gasteiger charge is 2.42. The molecular formula is C8H3ClF7NO. The summed E-state index contributed by atoms with van der Waals surface area (Å²) >= 11 is 5.19. The number of rotatable bonds is 2. The third-order valence-corrected chi connectivity index (χ3v) is 1.87. The van der Waals surface area contributed by atoms with Crippen molar-refractivity contribution < 1.29 is 35.5 Å². The van der Waals surface area contributed by atoms with Gasteiger partial charge in [-0.15, -0.1) is 13.2 Å². The normalized spacial score (nSPS) is 12.7. The molecule has 102 valence electrons. The van der Waals surface area contributed by atoms with Crippen LogP contribution in [0.25, 0.3) is 0 Å². The number of ether oxygens (including phenoxy) is 1. The van der Waals surface area contributed by atoms with Crippen molar-refractivity contribution in [1.82, 2.24) is 4.98 Å². The number of halogens is 8. The lowest BCUT2D eigenvalue weighted by atomic mass is 10.1. The summed E-state index contributed by atoms with van der Waals surface area (Å²) < 4.78 is 88.7. The molecule has 0 unspecified atom stereocenters. The van der Waals surface area contributed by atoms with E-state index < -0.39 is 41.4 Å². The highest BCUT2D eigenvalue weighted by molar-refractivity contribution is 6.29. The Morgan fingerprint density at radius 1 is 1.17 bits per heavy atom. The van der Waals surface area contributed by atoms with Crippen LogP contribution in [0.2, 0.25) is 5.15 Å². The fourth-order valence-corrected chi connectivity index (χ4v) is 1.34. The van der Waals surface area contributed by atoms with Gasteiger partial charge in [-0.3, -0.25) is 0 Å². The Morgan fingerprint density at radius 2 is 1.72 bits per heavy atom. The lowest BCUT2D eigenvalue weighted by Gasteiger charge is -2.16. The van der Waals surface area contributed by atoms with Gasteiger partial charge in [-0.05, 0) is 6.07 Å². The predicted octanol–water partition coefficient (Wildman–Crippen LogP) is 4.12. The van der Waals surface area contributed by atoms with Gasteiger partial charge in [-0.1, -0.05) is 11.6 Å². The third-order valence-electron chi connectivity index (χ3n) is 1.68. The van der Waals surface area contributed by atoms with Gasteiger partial charge in [-0.2, -0.15) is 13.2 Å². The van der Waals surface area contributed by atoms with Gasteiger partial charge in [0.05, 0.1) is 0 Å². The van der Waals surface area contributed by atoms with Crippen LogP contribution in [0.4, 0.5) is 30.7 Å². The summed E-state index contributed by atoms with van der Waals surface area (Å²) in [5.41, 5.74) is -3.02. The standard InChI is InChI=1S/C8H3ClF7NO/c9-4-1-3(2-10)5(7(11,12)13)6(17-4)18-8(14,15)16/h1H,2H2. The first-order valence-electron chi connectivity index (χ1n) is 4.13. The fourth-order valence-electron chi connectivity index (χ4n) is 1.13. The number of aromatic nitrogens is 1. The van der Waals surface area contributed by atoms with Crippen molar-refractivity contribution in [2.45, 2.75) is 19.2 Å². The number of hydrogen-bond donors (Lipinski definition) is 0. The van der Waals surface area contributed by atoms with E-state index in [1.54, 1.807) is 0 Å². The highest BCUT2D eigenvalue weighted by Crippen LogP contribution is 2.40. The summed E-state index contributed by atoms with van der Waals surface area (Å²) in [6.45, 7) is -1.66. The van der Waals surface area contributed by atoms with Crippen molar-refractivity contribution in [1.29, 1.82) is 0 Å². The number of nitrogens with zero attached hydrogens (tertiary/aromatic N) is 1. The number of hydrogen-bond acceptors (Lipinski definition) is 2. The minimum Gasteiger partial charge on any atom is -0.387 e. The molecule has 0 atom stereocenters. The van der Waals surface area contributed by atoms with Crippen molar-refractivity contribution in [3.8, 4) is 5.88 Å². The SMILES string of the molecule is FCc1cc(Cl)nc(OC(F)(F)F)c1C(F)(F)F. The van der Waals surface area contributed by atoms with Gasteiger partial charge < -0.3 is 4.74 Å². The van der Waals surface area contributed by atoms with E-state index in [0.717, 1.165) is 0 Å². The molecule has 0 fully saturated rings. The van der Waals surface area contributed by atoms with Crippen LogP contribution in [0.1, 0.15) is 11.1 Å². The van der Waals surface area contributed by atoms with Crippen LogP contribution in [-0.2, 0) is 12.9 Å². The Labute approximate surface area is 100 Å². The van der Waals surface area contributed by atoms with Crippen LogP contribution >= 0.6 is 11.6 Å². The largest absolute Gasteiger partial charge is 0.574 e. The molecule has 1 aromatic heterocycles. The van der Waals surface area contributed by atoms with E-state index in [-0.39, 0.29) is 0 Å². The van der Waals surface area contributed by atoms with E-state index in [4.69, 9.17) is 11.6 Å². The number of alkyl halides is 7. The molecule has 0 aliphatic rings. The summed E-state index contributed by atoms with van der Waals surface area (Å²) in [7, 11) is 0. The summed E-state index contributed by atoms with van der Waals surface area (Å²) in [4.78, 5) is 2.77. The molecule has 0 aromatic carbocycles. The van der Waals surface area contributed by atoms with E-state index in [1.807, 2.05) is 0 Å². The Morgan fingerprint density at radius 3 is 2.11 bits per heavy atom. The van der Waals surface area contributed by atoms with Crippen LogP contribution < -0.4 is 4.74 Å². The van der Waals surface area contributed by atoms with Gasteiger partial charge in [0, 0.05) is 5.56 Å². The van der Waals surface area contributed by atoms with Gasteiger partial charge in [0.2, 0.25) is 5.88 Å². The van der Waals surface area contributed by atoms with Gasteiger partial charge in [0.1, 0.15) is 17.4 Å². The zero-order valence-corrected chi connectivity index (χ0v) is 8.92. The first kappa shape index (κ1) is 14.8. The Balaban J connectivity index is 3.43. The first-order chi connectivity index (χ1) is 8.04. The molecule has 0 spiro atoms. The maximum Gasteiger partial charge on any atom is 0.574 e. The molecule has 0 radical (unpaired) electrons. The smallest absolute Gasteiger partial charge is 0.387 e. The predicted molar refractivity (Wildman–Crippen MR) is 45.7 cm³/mol. The van der Waals surface area contributed by atoms with Crippen LogP contribution in [0, 0.1) is 0 Å². The lowest BCUT2D eigenvalue weighted by Crippen LogP contribution is -2.22. The minimum absolute atomic E-state index is 0.480. The first-order valence-corrected chi connectivity index (χ1v) is 4.50. The molecule has 1 heterocycles. The molecule has 1 aromatic rings. The molecule has 0 saturated carbocycles. The third kappa shape index (κ3) is 3.62. The van der Waals surface area contributed by atoms with Gasteiger partial charge in [0.15, 0.2) is 0 Å². The van der Waals surface area contributed by atoms with Gasteiger partial charge in [0.25, 0.3) is 0 Å². The maximum atomic E-state index is 12.5. The molecule has 0 saturated heterocycles. The van der Waals surface area contributed by atoms with E-state index in [2.05, 4.69) is 9.72 Å². The zero-order chi connectivity index (χ0) is 14.1. The van der Waals surface area contributed by atoms with E-state index >= 15 is 0 Å². The Kier molecular flexibility index (Phi) is 3.94. The van der Waals surface area contributed by atoms with Crippen molar-refractivity contribution in [3.05, 3.63) is 22.3 Å². The number of pyridine rings is 1. The second-order valence-corrected chi connectivity index (χ2v) is 3.35. The molecule has 10 heteroatoms. The topological polar surface area (TPSA) is 22.1 Å². The van der Waals surface area contributed by atoms with E-state index in [0.29, 0.717) is 6.07 Å². The van der Waals surface area contributed by atoms with Gasteiger partial charge in [-0.25, -0.2) is 9.37 Å². The second kappa shape index (κ2) is 4.79. The molecule has 0 N–H and O–H groups in total. The molecular weight excluding hydrogens is 295 g/mol. The molecule has 18 heavy (non-hydrogen) atoms. The van der Waals surface area contributed by atoms with Crippen LogP contribution in [0.5, 0.6) is 5.88 Å². The molecule has 0 aliphatic carbocycles. The fraction of sp³-hybridized carbons (Fsp3) is 0.375. The molecule has 0 bridgehead atoms. The molecule has 2 nitrogen and oxygen atoms in total. The van der Waals surface area contributed by atoms with Crippen LogP contribution in [-0.4, -0.2) is 11.3 Å². The molecule has 1 rings (SSSR count). The monoisotopic (exact) mass is 297 g/mol.